The van der Waals surface area contributed by atoms with Crippen LogP contribution in [0.1, 0.15) is 84.5 Å². The van der Waals surface area contributed by atoms with Crippen LogP contribution in [0.3, 0.4) is 0 Å². The molecule has 2 aliphatic carbocycles. The molecule has 0 bridgehead atoms. The minimum atomic E-state index is -0.212. The summed E-state index contributed by atoms with van der Waals surface area (Å²) in [6, 6.07) is 0. The van der Waals surface area contributed by atoms with Gasteiger partial charge in [0.2, 0.25) is 0 Å². The normalized spacial score (nSPS) is 33.7. The first-order valence-corrected chi connectivity index (χ1v) is 9.92. The van der Waals surface area contributed by atoms with Gasteiger partial charge in [-0.25, -0.2) is 0 Å². The summed E-state index contributed by atoms with van der Waals surface area (Å²) in [5, 5.41) is 0. The van der Waals surface area contributed by atoms with Gasteiger partial charge in [0.25, 0.3) is 0 Å². The van der Waals surface area contributed by atoms with E-state index in [-0.39, 0.29) is 11.5 Å². The van der Waals surface area contributed by atoms with Crippen molar-refractivity contribution in [3.63, 3.8) is 0 Å². The number of carbonyl (C=O) groups is 1. The summed E-state index contributed by atoms with van der Waals surface area (Å²) >= 11 is 0. The molecule has 0 aromatic rings. The van der Waals surface area contributed by atoms with Gasteiger partial charge in [0, 0.05) is 18.9 Å². The Labute approximate surface area is 142 Å². The van der Waals surface area contributed by atoms with Crippen LogP contribution in [-0.2, 0) is 14.3 Å². The van der Waals surface area contributed by atoms with E-state index < -0.39 is 0 Å². The van der Waals surface area contributed by atoms with Crippen molar-refractivity contribution < 1.29 is 14.3 Å². The minimum absolute atomic E-state index is 0.124. The van der Waals surface area contributed by atoms with E-state index in [0.29, 0.717) is 24.9 Å². The molecule has 0 amide bonds. The van der Waals surface area contributed by atoms with Crippen LogP contribution in [0.4, 0.5) is 0 Å². The number of Topliss-reactive ketones (excluding diaryl/α,β-unsaturated/α-hetero) is 1. The second-order valence-corrected chi connectivity index (χ2v) is 7.66. The Hall–Kier alpha value is -0.410. The average Bonchev–Trinajstić information content (AvgIpc) is 2.56. The first-order valence-electron chi connectivity index (χ1n) is 9.92. The van der Waals surface area contributed by atoms with Crippen LogP contribution in [-0.4, -0.2) is 31.2 Å². The molecule has 2 saturated carbocycles. The van der Waals surface area contributed by atoms with Crippen molar-refractivity contribution in [2.75, 3.05) is 19.8 Å². The molecule has 2 aliphatic rings. The van der Waals surface area contributed by atoms with Crippen molar-refractivity contribution >= 4 is 5.78 Å². The van der Waals surface area contributed by atoms with Gasteiger partial charge in [-0.05, 0) is 32.1 Å². The van der Waals surface area contributed by atoms with Gasteiger partial charge >= 0.3 is 0 Å². The highest BCUT2D eigenvalue weighted by molar-refractivity contribution is 5.83. The molecule has 3 atom stereocenters. The van der Waals surface area contributed by atoms with Crippen LogP contribution in [0.2, 0.25) is 0 Å². The molecule has 23 heavy (non-hydrogen) atoms. The summed E-state index contributed by atoms with van der Waals surface area (Å²) in [4.78, 5) is 12.8. The van der Waals surface area contributed by atoms with E-state index in [0.717, 1.165) is 32.3 Å². The van der Waals surface area contributed by atoms with Crippen LogP contribution in [0.25, 0.3) is 0 Å². The van der Waals surface area contributed by atoms with E-state index in [2.05, 4.69) is 6.92 Å². The second kappa shape index (κ2) is 9.78. The zero-order valence-corrected chi connectivity index (χ0v) is 15.3. The van der Waals surface area contributed by atoms with E-state index in [9.17, 15) is 4.79 Å². The Bertz CT molecular complexity index is 355. The van der Waals surface area contributed by atoms with Crippen molar-refractivity contribution in [2.24, 2.45) is 11.8 Å². The van der Waals surface area contributed by atoms with Gasteiger partial charge in [-0.2, -0.15) is 0 Å². The minimum Gasteiger partial charge on any atom is -0.379 e. The lowest BCUT2D eigenvalue weighted by molar-refractivity contribution is -0.160. The standard InChI is InChI=1S/C20H36O3/c1-3-22-13-14-23-20-12-10-8-6-4-5-7-9-11-18(20)19(21)15-17(2)16-20/h17-18H,3-16H2,1-2H3. The molecule has 134 valence electrons. The Morgan fingerprint density at radius 1 is 1.04 bits per heavy atom. The van der Waals surface area contributed by atoms with Crippen molar-refractivity contribution in [3.8, 4) is 0 Å². The quantitative estimate of drug-likeness (QED) is 0.673. The number of fused-ring (bicyclic) bond motifs is 1. The number of ketones is 1. The van der Waals surface area contributed by atoms with Crippen molar-refractivity contribution in [3.05, 3.63) is 0 Å². The first kappa shape index (κ1) is 18.9. The van der Waals surface area contributed by atoms with E-state index in [4.69, 9.17) is 9.47 Å². The van der Waals surface area contributed by atoms with Crippen LogP contribution >= 0.6 is 0 Å². The van der Waals surface area contributed by atoms with Crippen molar-refractivity contribution in [2.45, 2.75) is 90.1 Å². The molecule has 0 aliphatic heterocycles. The van der Waals surface area contributed by atoms with Crippen LogP contribution < -0.4 is 0 Å². The van der Waals surface area contributed by atoms with Gasteiger partial charge in [-0.1, -0.05) is 51.9 Å². The van der Waals surface area contributed by atoms with Crippen molar-refractivity contribution in [1.82, 2.24) is 0 Å². The predicted molar refractivity (Wildman–Crippen MR) is 93.6 cm³/mol. The van der Waals surface area contributed by atoms with Crippen LogP contribution in [0.5, 0.6) is 0 Å². The van der Waals surface area contributed by atoms with Crippen LogP contribution in [0, 0.1) is 11.8 Å². The number of rotatable bonds is 5. The number of hydrogen-bond donors (Lipinski definition) is 0. The molecule has 3 nitrogen and oxygen atoms in total. The van der Waals surface area contributed by atoms with Gasteiger partial charge in [0.05, 0.1) is 18.8 Å². The number of carbonyl (C=O) groups excluding carboxylic acids is 1. The summed E-state index contributed by atoms with van der Waals surface area (Å²) in [7, 11) is 0. The molecule has 3 unspecified atom stereocenters. The van der Waals surface area contributed by atoms with Gasteiger partial charge in [0.1, 0.15) is 5.78 Å². The van der Waals surface area contributed by atoms with E-state index in [1.807, 2.05) is 6.92 Å². The molecule has 0 N–H and O–H groups in total. The average molecular weight is 325 g/mol. The monoisotopic (exact) mass is 324 g/mol. The predicted octanol–water partition coefficient (Wildman–Crippen LogP) is 4.92. The molecule has 0 spiro atoms. The summed E-state index contributed by atoms with van der Waals surface area (Å²) in [5.41, 5.74) is -0.212. The highest BCUT2D eigenvalue weighted by Gasteiger charge is 2.47. The molecule has 2 fully saturated rings. The fraction of sp³-hybridized carbons (Fsp3) is 0.950. The maximum atomic E-state index is 12.8. The lowest BCUT2D eigenvalue weighted by Gasteiger charge is -2.45. The third-order valence-electron chi connectivity index (χ3n) is 5.68. The van der Waals surface area contributed by atoms with Gasteiger partial charge in [0.15, 0.2) is 0 Å². The zero-order valence-electron chi connectivity index (χ0n) is 15.3. The summed E-state index contributed by atoms with van der Waals surface area (Å²) in [5.74, 6) is 1.04. The molecular formula is C20H36O3. The fourth-order valence-electron chi connectivity index (χ4n) is 4.62. The van der Waals surface area contributed by atoms with Gasteiger partial charge in [-0.15, -0.1) is 0 Å². The SMILES string of the molecule is CCOCCOC12CCCCCCCCCC1C(=O)CC(C)C2. The molecular weight excluding hydrogens is 288 g/mol. The first-order chi connectivity index (χ1) is 11.2. The molecule has 0 radical (unpaired) electrons. The highest BCUT2D eigenvalue weighted by atomic mass is 16.5. The summed E-state index contributed by atoms with van der Waals surface area (Å²) in [6.45, 7) is 6.24. The maximum absolute atomic E-state index is 12.8. The maximum Gasteiger partial charge on any atom is 0.139 e. The fourth-order valence-corrected chi connectivity index (χ4v) is 4.62. The highest BCUT2D eigenvalue weighted by Crippen LogP contribution is 2.44. The smallest absolute Gasteiger partial charge is 0.139 e. The number of hydrogen-bond acceptors (Lipinski definition) is 3. The Kier molecular flexibility index (Phi) is 8.05. The Morgan fingerprint density at radius 3 is 2.48 bits per heavy atom. The largest absolute Gasteiger partial charge is 0.379 e. The lowest BCUT2D eigenvalue weighted by Crippen LogP contribution is -2.50. The molecule has 0 saturated heterocycles. The van der Waals surface area contributed by atoms with Gasteiger partial charge in [-0.3, -0.25) is 4.79 Å². The van der Waals surface area contributed by atoms with Crippen molar-refractivity contribution in [1.29, 1.82) is 0 Å². The zero-order chi connectivity index (χ0) is 16.5. The summed E-state index contributed by atoms with van der Waals surface area (Å²) in [6.07, 6.45) is 12.8. The summed E-state index contributed by atoms with van der Waals surface area (Å²) < 4.78 is 11.9. The third kappa shape index (κ3) is 5.56. The van der Waals surface area contributed by atoms with Gasteiger partial charge < -0.3 is 9.47 Å². The topological polar surface area (TPSA) is 35.5 Å². The van der Waals surface area contributed by atoms with E-state index in [1.54, 1.807) is 0 Å². The third-order valence-corrected chi connectivity index (χ3v) is 5.68. The van der Waals surface area contributed by atoms with E-state index in [1.165, 1.54) is 44.9 Å². The molecule has 3 heteroatoms. The molecule has 2 rings (SSSR count). The molecule has 0 heterocycles. The lowest BCUT2D eigenvalue weighted by atomic mass is 9.66. The Balaban J connectivity index is 2.10. The van der Waals surface area contributed by atoms with Crippen LogP contribution in [0.15, 0.2) is 0 Å². The van der Waals surface area contributed by atoms with E-state index >= 15 is 0 Å². The second-order valence-electron chi connectivity index (χ2n) is 7.66. The number of ether oxygens (including phenoxy) is 2. The molecule has 0 aromatic heterocycles. The Morgan fingerprint density at radius 2 is 1.74 bits per heavy atom. The molecule has 0 aromatic carbocycles.